The highest BCUT2D eigenvalue weighted by atomic mass is 32.2. The number of imidazole rings is 1. The first-order valence-electron chi connectivity index (χ1n) is 6.33. The molecule has 1 aromatic heterocycles. The van der Waals surface area contributed by atoms with Crippen LogP contribution >= 0.6 is 11.8 Å². The summed E-state index contributed by atoms with van der Waals surface area (Å²) in [6.45, 7) is 0.560. The third kappa shape index (κ3) is 2.09. The van der Waals surface area contributed by atoms with Crippen LogP contribution in [0.2, 0.25) is 0 Å². The van der Waals surface area contributed by atoms with Crippen LogP contribution in [-0.4, -0.2) is 21.8 Å². The van der Waals surface area contributed by atoms with Gasteiger partial charge in [-0.05, 0) is 24.2 Å². The molecular weight excluding hydrogens is 275 g/mol. The van der Waals surface area contributed by atoms with Crippen LogP contribution < -0.4 is 5.73 Å². The monoisotopic (exact) mass is 288 g/mol. The van der Waals surface area contributed by atoms with E-state index in [4.69, 9.17) is 11.0 Å². The standard InChI is InChI=1S/C14H13FN4S/c15-12-5-9(1-2-10(12)6-17)13-8-20-14-18-7-11(3-4-16)19(13)14/h1-2,5,7,13H,3-4,8,16H2. The zero-order valence-electron chi connectivity index (χ0n) is 10.7. The van der Waals surface area contributed by atoms with Crippen LogP contribution in [0, 0.1) is 17.1 Å². The average Bonchev–Trinajstić information content (AvgIpc) is 3.02. The number of thioether (sulfide) groups is 1. The zero-order chi connectivity index (χ0) is 14.1. The SMILES string of the molecule is N#Cc1ccc(C2CSc3ncc(CCN)n32)cc1F. The molecule has 1 aliphatic heterocycles. The third-order valence-electron chi connectivity index (χ3n) is 3.42. The topological polar surface area (TPSA) is 67.6 Å². The Morgan fingerprint density at radius 2 is 2.40 bits per heavy atom. The molecule has 4 nitrogen and oxygen atoms in total. The Labute approximate surface area is 120 Å². The molecule has 1 unspecified atom stereocenters. The van der Waals surface area contributed by atoms with E-state index in [0.717, 1.165) is 28.6 Å². The van der Waals surface area contributed by atoms with Crippen molar-refractivity contribution in [3.63, 3.8) is 0 Å². The molecule has 1 atom stereocenters. The predicted molar refractivity (Wildman–Crippen MR) is 75.0 cm³/mol. The molecule has 2 heterocycles. The fraction of sp³-hybridized carbons (Fsp3) is 0.286. The van der Waals surface area contributed by atoms with Gasteiger partial charge in [-0.25, -0.2) is 9.37 Å². The number of hydrogen-bond acceptors (Lipinski definition) is 4. The largest absolute Gasteiger partial charge is 0.330 e. The number of fused-ring (bicyclic) bond motifs is 1. The lowest BCUT2D eigenvalue weighted by Gasteiger charge is -2.16. The number of aromatic nitrogens is 2. The van der Waals surface area contributed by atoms with Crippen molar-refractivity contribution in [1.82, 2.24) is 9.55 Å². The van der Waals surface area contributed by atoms with Gasteiger partial charge in [-0.1, -0.05) is 17.8 Å². The van der Waals surface area contributed by atoms with Crippen molar-refractivity contribution in [2.45, 2.75) is 17.6 Å². The molecule has 0 saturated heterocycles. The number of benzene rings is 1. The molecule has 0 aliphatic carbocycles. The lowest BCUT2D eigenvalue weighted by atomic mass is 10.1. The smallest absolute Gasteiger partial charge is 0.168 e. The molecule has 2 N–H and O–H groups in total. The molecule has 102 valence electrons. The van der Waals surface area contributed by atoms with E-state index in [1.54, 1.807) is 11.8 Å². The Balaban J connectivity index is 2.00. The normalized spacial score (nSPS) is 16.9. The predicted octanol–water partition coefficient (Wildman–Crippen LogP) is 2.09. The van der Waals surface area contributed by atoms with Gasteiger partial charge < -0.3 is 10.3 Å². The molecule has 0 saturated carbocycles. The maximum atomic E-state index is 13.8. The molecule has 1 aromatic carbocycles. The summed E-state index contributed by atoms with van der Waals surface area (Å²) in [5.41, 5.74) is 7.63. The van der Waals surface area contributed by atoms with Crippen molar-refractivity contribution >= 4 is 11.8 Å². The van der Waals surface area contributed by atoms with Crippen molar-refractivity contribution in [3.8, 4) is 6.07 Å². The summed E-state index contributed by atoms with van der Waals surface area (Å²) in [6.07, 6.45) is 2.59. The van der Waals surface area contributed by atoms with E-state index < -0.39 is 5.82 Å². The van der Waals surface area contributed by atoms with E-state index >= 15 is 0 Å². The summed E-state index contributed by atoms with van der Waals surface area (Å²) in [6, 6.07) is 6.70. The first-order chi connectivity index (χ1) is 9.74. The number of nitriles is 1. The summed E-state index contributed by atoms with van der Waals surface area (Å²) in [4.78, 5) is 4.37. The minimum Gasteiger partial charge on any atom is -0.330 e. The van der Waals surface area contributed by atoms with Gasteiger partial charge in [0.1, 0.15) is 11.9 Å². The lowest BCUT2D eigenvalue weighted by molar-refractivity contribution is 0.575. The summed E-state index contributed by atoms with van der Waals surface area (Å²) in [5, 5.41) is 9.74. The number of rotatable bonds is 3. The van der Waals surface area contributed by atoms with Gasteiger partial charge in [0.15, 0.2) is 5.16 Å². The second-order valence-electron chi connectivity index (χ2n) is 4.62. The minimum atomic E-state index is -0.469. The van der Waals surface area contributed by atoms with E-state index in [1.165, 1.54) is 12.1 Å². The van der Waals surface area contributed by atoms with Crippen LogP contribution in [0.15, 0.2) is 29.6 Å². The summed E-state index contributed by atoms with van der Waals surface area (Å²) >= 11 is 1.66. The van der Waals surface area contributed by atoms with Crippen molar-refractivity contribution in [3.05, 3.63) is 47.0 Å². The van der Waals surface area contributed by atoms with E-state index in [2.05, 4.69) is 9.55 Å². The molecule has 3 rings (SSSR count). The maximum Gasteiger partial charge on any atom is 0.168 e. The van der Waals surface area contributed by atoms with Crippen molar-refractivity contribution < 1.29 is 4.39 Å². The summed E-state index contributed by atoms with van der Waals surface area (Å²) in [7, 11) is 0. The van der Waals surface area contributed by atoms with Crippen LogP contribution in [0.4, 0.5) is 4.39 Å². The first kappa shape index (κ1) is 13.2. The Bertz CT molecular complexity index is 689. The molecule has 6 heteroatoms. The number of halogens is 1. The summed E-state index contributed by atoms with van der Waals surface area (Å²) in [5.74, 6) is 0.357. The van der Waals surface area contributed by atoms with Crippen molar-refractivity contribution in [2.75, 3.05) is 12.3 Å². The van der Waals surface area contributed by atoms with Gasteiger partial charge in [-0.15, -0.1) is 0 Å². The zero-order valence-corrected chi connectivity index (χ0v) is 11.5. The van der Waals surface area contributed by atoms with Crippen molar-refractivity contribution in [1.29, 1.82) is 5.26 Å². The van der Waals surface area contributed by atoms with Gasteiger partial charge in [-0.3, -0.25) is 0 Å². The van der Waals surface area contributed by atoms with Crippen LogP contribution in [0.5, 0.6) is 0 Å². The highest BCUT2D eigenvalue weighted by Crippen LogP contribution is 2.38. The van der Waals surface area contributed by atoms with E-state index in [9.17, 15) is 4.39 Å². The van der Waals surface area contributed by atoms with E-state index in [0.29, 0.717) is 6.54 Å². The highest BCUT2D eigenvalue weighted by Gasteiger charge is 2.28. The number of hydrogen-bond donors (Lipinski definition) is 1. The van der Waals surface area contributed by atoms with Gasteiger partial charge >= 0.3 is 0 Å². The number of nitrogens with zero attached hydrogens (tertiary/aromatic N) is 3. The van der Waals surface area contributed by atoms with E-state index in [-0.39, 0.29) is 11.6 Å². The molecule has 0 spiro atoms. The Morgan fingerprint density at radius 1 is 1.55 bits per heavy atom. The molecule has 0 bridgehead atoms. The molecule has 0 radical (unpaired) electrons. The molecule has 2 aromatic rings. The van der Waals surface area contributed by atoms with Crippen LogP contribution in [-0.2, 0) is 6.42 Å². The third-order valence-corrected chi connectivity index (χ3v) is 4.46. The maximum absolute atomic E-state index is 13.8. The second-order valence-corrected chi connectivity index (χ2v) is 5.61. The fourth-order valence-electron chi connectivity index (χ4n) is 2.45. The molecular formula is C14H13FN4S. The van der Waals surface area contributed by atoms with Crippen molar-refractivity contribution in [2.24, 2.45) is 5.73 Å². The Hall–Kier alpha value is -1.84. The fourth-order valence-corrected chi connectivity index (χ4v) is 3.61. The second kappa shape index (κ2) is 5.27. The Morgan fingerprint density at radius 3 is 3.10 bits per heavy atom. The van der Waals surface area contributed by atoms with Crippen LogP contribution in [0.1, 0.15) is 22.9 Å². The van der Waals surface area contributed by atoms with Gasteiger partial charge in [0.05, 0.1) is 11.6 Å². The molecule has 0 fully saturated rings. The molecule has 20 heavy (non-hydrogen) atoms. The van der Waals surface area contributed by atoms with Crippen LogP contribution in [0.3, 0.4) is 0 Å². The first-order valence-corrected chi connectivity index (χ1v) is 7.31. The quantitative estimate of drug-likeness (QED) is 0.939. The minimum absolute atomic E-state index is 0.0568. The van der Waals surface area contributed by atoms with Crippen LogP contribution in [0.25, 0.3) is 0 Å². The number of nitrogens with two attached hydrogens (primary N) is 1. The molecule has 0 amide bonds. The van der Waals surface area contributed by atoms with E-state index in [1.807, 2.05) is 18.3 Å². The highest BCUT2D eigenvalue weighted by molar-refractivity contribution is 7.99. The molecule has 1 aliphatic rings. The summed E-state index contributed by atoms with van der Waals surface area (Å²) < 4.78 is 15.9. The van der Waals surface area contributed by atoms with Gasteiger partial charge in [-0.2, -0.15) is 5.26 Å². The lowest BCUT2D eigenvalue weighted by Crippen LogP contribution is -2.14. The average molecular weight is 288 g/mol. The van der Waals surface area contributed by atoms with Gasteiger partial charge in [0, 0.05) is 24.1 Å². The Kier molecular flexibility index (Phi) is 3.47. The van der Waals surface area contributed by atoms with Gasteiger partial charge in [0.25, 0.3) is 0 Å². The van der Waals surface area contributed by atoms with Gasteiger partial charge in [0.2, 0.25) is 0 Å².